The second-order valence-electron chi connectivity index (χ2n) is 7.90. The molecule has 8 heteroatoms. The summed E-state index contributed by atoms with van der Waals surface area (Å²) in [6.45, 7) is 3.46. The van der Waals surface area contributed by atoms with E-state index in [4.69, 9.17) is 0 Å². The van der Waals surface area contributed by atoms with Gasteiger partial charge in [-0.1, -0.05) is 62.4 Å². The Morgan fingerprint density at radius 1 is 1.06 bits per heavy atom. The molecule has 6 nitrogen and oxygen atoms in total. The van der Waals surface area contributed by atoms with Gasteiger partial charge in [-0.25, -0.2) is 14.2 Å². The first-order chi connectivity index (χ1) is 15.1. The van der Waals surface area contributed by atoms with Gasteiger partial charge in [0.25, 0.3) is 5.34 Å². The first-order valence-corrected chi connectivity index (χ1v) is 10.8. The van der Waals surface area contributed by atoms with E-state index in [1.165, 1.54) is 36.4 Å². The number of carbonyl (C=O) groups is 1. The minimum Gasteiger partial charge on any atom is -0.478 e. The maximum absolute atomic E-state index is 13.2. The first kappa shape index (κ1) is 23.7. The number of benzene rings is 2. The van der Waals surface area contributed by atoms with Crippen LogP contribution < -0.4 is 0 Å². The van der Waals surface area contributed by atoms with E-state index in [-0.39, 0.29) is 5.69 Å². The molecule has 0 aliphatic rings. The monoisotopic (exact) mass is 455 g/mol. The summed E-state index contributed by atoms with van der Waals surface area (Å²) in [4.78, 5) is 16.5. The lowest BCUT2D eigenvalue weighted by molar-refractivity contribution is -0.184. The lowest BCUT2D eigenvalue weighted by atomic mass is 9.73. The molecule has 0 bridgehead atoms. The number of para-hydroxylation sites is 1. The van der Waals surface area contributed by atoms with Crippen molar-refractivity contribution in [3.63, 3.8) is 0 Å². The molecule has 0 aliphatic carbocycles. The molecule has 0 aliphatic heterocycles. The lowest BCUT2D eigenvalue weighted by Gasteiger charge is -2.42. The number of carboxylic acid groups (broad SMARTS) is 1. The zero-order valence-corrected chi connectivity index (χ0v) is 18.4. The van der Waals surface area contributed by atoms with Crippen molar-refractivity contribution in [2.75, 3.05) is 0 Å². The molecule has 0 amide bonds. The van der Waals surface area contributed by atoms with Crippen LogP contribution in [0.5, 0.6) is 0 Å². The number of nitrogens with zero attached hydrogens (tertiary/aromatic N) is 1. The molecule has 3 atom stereocenters. The Bertz CT molecular complexity index is 1170. The molecule has 0 spiro atoms. The molecule has 0 saturated heterocycles. The van der Waals surface area contributed by atoms with Crippen molar-refractivity contribution in [3.05, 3.63) is 83.8 Å². The summed E-state index contributed by atoms with van der Waals surface area (Å²) in [6, 6.07) is 15.7. The van der Waals surface area contributed by atoms with Crippen molar-refractivity contribution in [1.29, 1.82) is 0 Å². The fourth-order valence-corrected chi connectivity index (χ4v) is 4.25. The summed E-state index contributed by atoms with van der Waals surface area (Å²) in [6.07, 6.45) is 3.11. The lowest BCUT2D eigenvalue weighted by Crippen LogP contribution is -2.58. The molecule has 0 radical (unpaired) electrons. The van der Waals surface area contributed by atoms with E-state index in [1.54, 1.807) is 44.2 Å². The van der Waals surface area contributed by atoms with E-state index >= 15 is 0 Å². The van der Waals surface area contributed by atoms with Gasteiger partial charge in [-0.2, -0.15) is 0 Å². The Labute approximate surface area is 186 Å². The zero-order chi connectivity index (χ0) is 23.5. The predicted octanol–water partition coefficient (Wildman–Crippen LogP) is 4.61. The number of hydrogen-bond acceptors (Lipinski definition) is 5. The maximum atomic E-state index is 13.2. The van der Waals surface area contributed by atoms with Crippen LogP contribution in [0.15, 0.2) is 66.7 Å². The van der Waals surface area contributed by atoms with Gasteiger partial charge in [-0.3, -0.25) is 4.57 Å². The maximum Gasteiger partial charge on any atom is 0.351 e. The third-order valence-electron chi connectivity index (χ3n) is 5.52. The summed E-state index contributed by atoms with van der Waals surface area (Å²) in [5.41, 5.74) is -1.61. The highest BCUT2D eigenvalue weighted by Gasteiger charge is 2.62. The average Bonchev–Trinajstić information content (AvgIpc) is 2.78. The molecular formula is C24H23FNO5P. The highest BCUT2D eigenvalue weighted by Crippen LogP contribution is 2.48. The normalized spacial score (nSPS) is 16.8. The minimum atomic E-state index is -3.08. The number of aliphatic hydroxyl groups is 2. The largest absolute Gasteiger partial charge is 0.478 e. The Morgan fingerprint density at radius 3 is 2.31 bits per heavy atom. The van der Waals surface area contributed by atoms with Crippen molar-refractivity contribution in [2.45, 2.75) is 24.8 Å². The Balaban J connectivity index is 2.24. The van der Waals surface area contributed by atoms with Crippen LogP contribution in [0.25, 0.3) is 17.0 Å². The topological polar surface area (TPSA) is 108 Å². The van der Waals surface area contributed by atoms with Gasteiger partial charge >= 0.3 is 5.97 Å². The quantitative estimate of drug-likeness (QED) is 0.428. The molecule has 0 saturated carbocycles. The fraction of sp³-hybridized carbons (Fsp3) is 0.250. The number of rotatable bonds is 8. The van der Waals surface area contributed by atoms with Crippen molar-refractivity contribution in [3.8, 4) is 0 Å². The van der Waals surface area contributed by atoms with Gasteiger partial charge in [0.05, 0.1) is 11.2 Å². The van der Waals surface area contributed by atoms with Crippen LogP contribution >= 0.6 is 8.46 Å². The van der Waals surface area contributed by atoms with E-state index in [2.05, 4.69) is 4.98 Å². The van der Waals surface area contributed by atoms with Crippen LogP contribution in [0.3, 0.4) is 0 Å². The second-order valence-corrected chi connectivity index (χ2v) is 8.73. The highest BCUT2D eigenvalue weighted by atomic mass is 31.1. The SMILES string of the molecule is CC(C)C(C=Cc1ccc(F)cc1)C(O)(c1ccc2ccccc2n1)C(O)(P=O)C(=O)O. The van der Waals surface area contributed by atoms with Crippen LogP contribution in [0.1, 0.15) is 25.1 Å². The molecule has 1 heterocycles. The van der Waals surface area contributed by atoms with Crippen LogP contribution in [-0.4, -0.2) is 31.6 Å². The number of fused-ring (bicyclic) bond motifs is 1. The average molecular weight is 455 g/mol. The number of aromatic nitrogens is 1. The van der Waals surface area contributed by atoms with E-state index in [0.29, 0.717) is 11.1 Å². The number of carboxylic acids is 1. The van der Waals surface area contributed by atoms with Gasteiger partial charge in [-0.05, 0) is 35.7 Å². The number of hydrogen-bond donors (Lipinski definition) is 3. The highest BCUT2D eigenvalue weighted by molar-refractivity contribution is 7.27. The summed E-state index contributed by atoms with van der Waals surface area (Å²) in [5.74, 6) is -3.70. The van der Waals surface area contributed by atoms with E-state index < -0.39 is 43.0 Å². The standard InChI is InChI=1S/C24H23FNO5P/c1-15(2)19(13-9-16-7-11-18(25)12-8-16)23(29,24(30,32-31)22(27)28)21-14-10-17-5-3-4-6-20(17)26-21/h3-15,19,29-30H,1-2H3,(H,27,28). The van der Waals surface area contributed by atoms with Gasteiger partial charge in [0.2, 0.25) is 8.46 Å². The van der Waals surface area contributed by atoms with Crippen molar-refractivity contribution in [1.82, 2.24) is 4.98 Å². The van der Waals surface area contributed by atoms with E-state index in [0.717, 1.165) is 5.39 Å². The number of aliphatic carboxylic acids is 1. The molecule has 2 aromatic carbocycles. The van der Waals surface area contributed by atoms with E-state index in [1.807, 2.05) is 6.07 Å². The Hall–Kier alpha value is -2.99. The van der Waals surface area contributed by atoms with Crippen molar-refractivity contribution in [2.24, 2.45) is 11.8 Å². The molecule has 166 valence electrons. The third kappa shape index (κ3) is 4.19. The molecule has 3 N–H and O–H groups in total. The molecule has 3 aromatic rings. The minimum absolute atomic E-state index is 0.132. The third-order valence-corrected chi connectivity index (χ3v) is 6.31. The zero-order valence-electron chi connectivity index (χ0n) is 17.5. The molecule has 1 aromatic heterocycles. The predicted molar refractivity (Wildman–Crippen MR) is 120 cm³/mol. The molecular weight excluding hydrogens is 432 g/mol. The molecule has 3 rings (SSSR count). The second kappa shape index (κ2) is 9.25. The molecule has 3 unspecified atom stereocenters. The van der Waals surface area contributed by atoms with Gasteiger partial charge in [0.1, 0.15) is 5.82 Å². The smallest absolute Gasteiger partial charge is 0.351 e. The summed E-state index contributed by atoms with van der Waals surface area (Å²) in [7, 11) is -1.19. The summed E-state index contributed by atoms with van der Waals surface area (Å²) < 4.78 is 25.2. The van der Waals surface area contributed by atoms with Gasteiger partial charge in [0.15, 0.2) is 5.60 Å². The fourth-order valence-electron chi connectivity index (χ4n) is 3.76. The number of halogens is 1. The molecule has 32 heavy (non-hydrogen) atoms. The van der Waals surface area contributed by atoms with Crippen LogP contribution in [0.2, 0.25) is 0 Å². The van der Waals surface area contributed by atoms with Crippen molar-refractivity contribution >= 4 is 31.4 Å². The van der Waals surface area contributed by atoms with Gasteiger partial charge < -0.3 is 15.3 Å². The van der Waals surface area contributed by atoms with Gasteiger partial charge in [0, 0.05) is 11.3 Å². The summed E-state index contributed by atoms with van der Waals surface area (Å²) in [5, 5.41) is 30.3. The number of pyridine rings is 1. The van der Waals surface area contributed by atoms with Crippen LogP contribution in [0.4, 0.5) is 4.39 Å². The summed E-state index contributed by atoms with van der Waals surface area (Å²) >= 11 is 0. The molecule has 0 fully saturated rings. The van der Waals surface area contributed by atoms with Crippen LogP contribution in [-0.2, 0) is 15.0 Å². The first-order valence-electron chi connectivity index (χ1n) is 9.96. The van der Waals surface area contributed by atoms with E-state index in [9.17, 15) is 29.1 Å². The Kier molecular flexibility index (Phi) is 6.84. The van der Waals surface area contributed by atoms with Gasteiger partial charge in [-0.15, -0.1) is 0 Å². The Morgan fingerprint density at radius 2 is 1.72 bits per heavy atom. The van der Waals surface area contributed by atoms with Crippen LogP contribution in [0, 0.1) is 17.7 Å². The van der Waals surface area contributed by atoms with Crippen molar-refractivity contribution < 1.29 is 29.1 Å².